The Hall–Kier alpha value is -4.03. The molecule has 4 aromatic rings. The topological polar surface area (TPSA) is 82.6 Å². The van der Waals surface area contributed by atoms with Crippen molar-refractivity contribution >= 4 is 45.6 Å². The SMILES string of the molecule is COc1ccc(Cl)c(/C(O)=C2\C(=O)C(=O)N(c3ccc(C)c(C)c3)C2c2c(C)[nH]c3ccccc23)c1. The number of carbonyl (C=O) groups excluding carboxylic acids is 2. The zero-order chi connectivity index (χ0) is 25.7. The predicted molar refractivity (Wildman–Crippen MR) is 142 cm³/mol. The predicted octanol–water partition coefficient (Wildman–Crippen LogP) is 6.38. The van der Waals surface area contributed by atoms with Crippen LogP contribution in [0.25, 0.3) is 16.7 Å². The molecule has 0 aliphatic carbocycles. The number of nitrogens with one attached hydrogen (secondary N) is 1. The number of anilines is 1. The van der Waals surface area contributed by atoms with E-state index in [-0.39, 0.29) is 21.9 Å². The summed E-state index contributed by atoms with van der Waals surface area (Å²) in [4.78, 5) is 32.0. The Kier molecular flexibility index (Phi) is 5.85. The van der Waals surface area contributed by atoms with E-state index in [9.17, 15) is 14.7 Å². The number of carbonyl (C=O) groups is 2. The molecule has 1 aromatic heterocycles. The Morgan fingerprint density at radius 3 is 2.47 bits per heavy atom. The summed E-state index contributed by atoms with van der Waals surface area (Å²) in [7, 11) is 1.50. The number of ether oxygens (including phenoxy) is 1. The van der Waals surface area contributed by atoms with E-state index in [2.05, 4.69) is 4.98 Å². The second kappa shape index (κ2) is 8.88. The Morgan fingerprint density at radius 1 is 1.00 bits per heavy atom. The lowest BCUT2D eigenvalue weighted by atomic mass is 9.93. The molecule has 1 aliphatic heterocycles. The summed E-state index contributed by atoms with van der Waals surface area (Å²) >= 11 is 6.44. The van der Waals surface area contributed by atoms with Crippen molar-refractivity contribution in [3.05, 3.63) is 99.2 Å². The van der Waals surface area contributed by atoms with E-state index in [1.807, 2.05) is 63.2 Å². The van der Waals surface area contributed by atoms with E-state index >= 15 is 0 Å². The van der Waals surface area contributed by atoms with Crippen LogP contribution in [-0.4, -0.2) is 28.9 Å². The van der Waals surface area contributed by atoms with E-state index < -0.39 is 17.7 Å². The second-order valence-electron chi connectivity index (χ2n) is 8.99. The number of fused-ring (bicyclic) bond motifs is 1. The van der Waals surface area contributed by atoms with Gasteiger partial charge in [-0.1, -0.05) is 35.9 Å². The number of nitrogens with zero attached hydrogens (tertiary/aromatic N) is 1. The molecule has 1 atom stereocenters. The molecule has 2 heterocycles. The number of hydrogen-bond donors (Lipinski definition) is 2. The van der Waals surface area contributed by atoms with Crippen molar-refractivity contribution in [3.8, 4) is 5.75 Å². The summed E-state index contributed by atoms with van der Waals surface area (Å²) in [5, 5.41) is 12.6. The van der Waals surface area contributed by atoms with Crippen LogP contribution in [-0.2, 0) is 9.59 Å². The summed E-state index contributed by atoms with van der Waals surface area (Å²) in [6.45, 7) is 5.84. The molecule has 0 spiro atoms. The first-order valence-corrected chi connectivity index (χ1v) is 11.9. The average molecular weight is 501 g/mol. The maximum absolute atomic E-state index is 13.6. The number of ketones is 1. The normalized spacial score (nSPS) is 17.2. The minimum atomic E-state index is -0.870. The Labute approximate surface area is 213 Å². The molecular formula is C29H25ClN2O4. The Morgan fingerprint density at radius 2 is 1.75 bits per heavy atom. The number of aliphatic hydroxyl groups excluding tert-OH is 1. The minimum Gasteiger partial charge on any atom is -0.507 e. The van der Waals surface area contributed by atoms with Gasteiger partial charge in [0.1, 0.15) is 11.5 Å². The van der Waals surface area contributed by atoms with E-state index in [0.717, 1.165) is 33.3 Å². The number of rotatable bonds is 4. The largest absolute Gasteiger partial charge is 0.507 e. The van der Waals surface area contributed by atoms with Crippen molar-refractivity contribution in [2.75, 3.05) is 12.0 Å². The zero-order valence-electron chi connectivity index (χ0n) is 20.3. The number of aliphatic hydroxyl groups is 1. The van der Waals surface area contributed by atoms with Crippen molar-refractivity contribution in [1.82, 2.24) is 4.98 Å². The van der Waals surface area contributed by atoms with Gasteiger partial charge in [-0.25, -0.2) is 0 Å². The summed E-state index contributed by atoms with van der Waals surface area (Å²) in [5.41, 5.74) is 5.22. The highest BCUT2D eigenvalue weighted by molar-refractivity contribution is 6.52. The molecule has 0 radical (unpaired) electrons. The van der Waals surface area contributed by atoms with Crippen LogP contribution in [0.5, 0.6) is 5.75 Å². The molecule has 5 rings (SSSR count). The van der Waals surface area contributed by atoms with Gasteiger partial charge >= 0.3 is 0 Å². The molecule has 1 fully saturated rings. The molecule has 1 aliphatic rings. The van der Waals surface area contributed by atoms with Crippen LogP contribution < -0.4 is 9.64 Å². The van der Waals surface area contributed by atoms with Crippen LogP contribution in [0.2, 0.25) is 5.02 Å². The number of Topliss-reactive ketones (excluding diaryl/α,β-unsaturated/α-hetero) is 1. The fourth-order valence-corrected chi connectivity index (χ4v) is 5.06. The van der Waals surface area contributed by atoms with Gasteiger partial charge in [-0.15, -0.1) is 0 Å². The number of aromatic nitrogens is 1. The van der Waals surface area contributed by atoms with Crippen LogP contribution in [0, 0.1) is 20.8 Å². The first-order valence-electron chi connectivity index (χ1n) is 11.5. The van der Waals surface area contributed by atoms with E-state index in [1.54, 1.807) is 18.2 Å². The van der Waals surface area contributed by atoms with Crippen molar-refractivity contribution in [3.63, 3.8) is 0 Å². The Balaban J connectivity index is 1.84. The molecule has 36 heavy (non-hydrogen) atoms. The van der Waals surface area contributed by atoms with E-state index in [0.29, 0.717) is 11.4 Å². The molecule has 1 amide bonds. The van der Waals surface area contributed by atoms with Crippen LogP contribution in [0.1, 0.15) is 34.0 Å². The Bertz CT molecular complexity index is 1580. The molecule has 2 N–H and O–H groups in total. The van der Waals surface area contributed by atoms with E-state index in [1.165, 1.54) is 12.0 Å². The molecule has 6 nitrogen and oxygen atoms in total. The van der Waals surface area contributed by atoms with Gasteiger partial charge in [0.25, 0.3) is 11.7 Å². The van der Waals surface area contributed by atoms with Crippen LogP contribution >= 0.6 is 11.6 Å². The summed E-state index contributed by atoms with van der Waals surface area (Å²) in [5.74, 6) is -1.38. The maximum Gasteiger partial charge on any atom is 0.300 e. The summed E-state index contributed by atoms with van der Waals surface area (Å²) in [6.07, 6.45) is 0. The van der Waals surface area contributed by atoms with Crippen molar-refractivity contribution in [2.24, 2.45) is 0 Å². The van der Waals surface area contributed by atoms with Crippen LogP contribution in [0.4, 0.5) is 5.69 Å². The summed E-state index contributed by atoms with van der Waals surface area (Å²) in [6, 6.07) is 17.3. The van der Waals surface area contributed by atoms with Gasteiger partial charge in [0.15, 0.2) is 0 Å². The first-order chi connectivity index (χ1) is 17.2. The maximum atomic E-state index is 13.6. The van der Waals surface area contributed by atoms with Crippen LogP contribution in [0.3, 0.4) is 0 Å². The molecule has 0 saturated carbocycles. The number of aromatic amines is 1. The first kappa shape index (κ1) is 23.7. The van der Waals surface area contributed by atoms with Gasteiger partial charge < -0.3 is 14.8 Å². The van der Waals surface area contributed by atoms with Gasteiger partial charge in [-0.2, -0.15) is 0 Å². The number of hydrogen-bond acceptors (Lipinski definition) is 4. The highest BCUT2D eigenvalue weighted by atomic mass is 35.5. The fraction of sp³-hybridized carbons (Fsp3) is 0.172. The zero-order valence-corrected chi connectivity index (χ0v) is 21.1. The number of aryl methyl sites for hydroxylation is 3. The lowest BCUT2D eigenvalue weighted by Crippen LogP contribution is -2.29. The van der Waals surface area contributed by atoms with Gasteiger partial charge in [-0.05, 0) is 68.3 Å². The van der Waals surface area contributed by atoms with Gasteiger partial charge in [0.2, 0.25) is 0 Å². The number of amides is 1. The molecular weight excluding hydrogens is 476 g/mol. The number of halogens is 1. The molecule has 0 bridgehead atoms. The molecule has 1 unspecified atom stereocenters. The third-order valence-corrected chi connectivity index (χ3v) is 7.19. The van der Waals surface area contributed by atoms with Crippen molar-refractivity contribution < 1.29 is 19.4 Å². The summed E-state index contributed by atoms with van der Waals surface area (Å²) < 4.78 is 5.30. The smallest absolute Gasteiger partial charge is 0.300 e. The highest BCUT2D eigenvalue weighted by Crippen LogP contribution is 2.46. The number of benzene rings is 3. The van der Waals surface area contributed by atoms with Crippen molar-refractivity contribution in [2.45, 2.75) is 26.8 Å². The standard InChI is InChI=1S/C29H25ClN2O4/c1-15-9-10-18(13-16(15)2)32-26(24-17(3)31-23-8-6-5-7-20(23)24)25(28(34)29(32)35)27(33)21-14-19(36-4)11-12-22(21)30/h5-14,26,31,33H,1-4H3/b27-25+. The van der Waals surface area contributed by atoms with Crippen LogP contribution in [0.15, 0.2) is 66.2 Å². The second-order valence-corrected chi connectivity index (χ2v) is 9.40. The molecule has 7 heteroatoms. The highest BCUT2D eigenvalue weighted by Gasteiger charge is 2.48. The van der Waals surface area contributed by atoms with Crippen molar-refractivity contribution in [1.29, 1.82) is 0 Å². The third-order valence-electron chi connectivity index (χ3n) is 6.86. The van der Waals surface area contributed by atoms with E-state index in [4.69, 9.17) is 16.3 Å². The van der Waals surface area contributed by atoms with Gasteiger partial charge in [0, 0.05) is 33.4 Å². The third kappa shape index (κ3) is 3.65. The van der Waals surface area contributed by atoms with Gasteiger partial charge in [0.05, 0.1) is 23.7 Å². The minimum absolute atomic E-state index is 0.0266. The average Bonchev–Trinajstić information content (AvgIpc) is 3.33. The number of para-hydroxylation sites is 1. The quantitative estimate of drug-likeness (QED) is 0.193. The molecule has 1 saturated heterocycles. The number of methoxy groups -OCH3 is 1. The fourth-order valence-electron chi connectivity index (χ4n) is 4.86. The van der Waals surface area contributed by atoms with Gasteiger partial charge in [-0.3, -0.25) is 14.5 Å². The monoisotopic (exact) mass is 500 g/mol. The molecule has 3 aromatic carbocycles. The molecule has 182 valence electrons. The lowest BCUT2D eigenvalue weighted by molar-refractivity contribution is -0.132. The lowest BCUT2D eigenvalue weighted by Gasteiger charge is -2.26. The number of H-pyrrole nitrogens is 1.